The van der Waals surface area contributed by atoms with Gasteiger partial charge in [0, 0.05) is 6.04 Å². The van der Waals surface area contributed by atoms with Crippen LogP contribution in [0.25, 0.3) is 0 Å². The van der Waals surface area contributed by atoms with Gasteiger partial charge in [-0.05, 0) is 31.6 Å². The molecule has 122 valence electrons. The normalized spacial score (nSPS) is 35.4. The van der Waals surface area contributed by atoms with E-state index in [2.05, 4.69) is 12.2 Å². The molecule has 3 fully saturated rings. The van der Waals surface area contributed by atoms with Crippen molar-refractivity contribution in [3.05, 3.63) is 0 Å². The van der Waals surface area contributed by atoms with Crippen molar-refractivity contribution in [1.29, 1.82) is 0 Å². The average Bonchev–Trinajstić information content (AvgIpc) is 2.75. The summed E-state index contributed by atoms with van der Waals surface area (Å²) in [5.41, 5.74) is 0. The first kappa shape index (κ1) is 15.5. The highest BCUT2D eigenvalue weighted by Crippen LogP contribution is 2.37. The fraction of sp³-hybridized carbons (Fsp3) is 0.824. The van der Waals surface area contributed by atoms with Gasteiger partial charge < -0.3 is 5.32 Å². The lowest BCUT2D eigenvalue weighted by molar-refractivity contribution is -0.143. The van der Waals surface area contributed by atoms with Crippen molar-refractivity contribution in [2.45, 2.75) is 64.3 Å². The topological polar surface area (TPSA) is 66.5 Å². The summed E-state index contributed by atoms with van der Waals surface area (Å²) in [7, 11) is 0. The molecular formula is C17H26N2O3. The summed E-state index contributed by atoms with van der Waals surface area (Å²) in [4.78, 5) is 38.2. The van der Waals surface area contributed by atoms with Crippen molar-refractivity contribution >= 4 is 17.7 Å². The Balaban J connectivity index is 1.59. The molecule has 1 saturated heterocycles. The molecule has 1 heterocycles. The summed E-state index contributed by atoms with van der Waals surface area (Å²) in [5.74, 6) is -0.280. The molecule has 1 N–H and O–H groups in total. The van der Waals surface area contributed by atoms with Crippen LogP contribution in [0.5, 0.6) is 0 Å². The van der Waals surface area contributed by atoms with Gasteiger partial charge in [0.25, 0.3) is 0 Å². The van der Waals surface area contributed by atoms with Crippen molar-refractivity contribution in [3.63, 3.8) is 0 Å². The van der Waals surface area contributed by atoms with Crippen LogP contribution in [0.15, 0.2) is 0 Å². The van der Waals surface area contributed by atoms with E-state index in [-0.39, 0.29) is 42.1 Å². The predicted molar refractivity (Wildman–Crippen MR) is 81.7 cm³/mol. The third-order valence-corrected chi connectivity index (χ3v) is 5.69. The van der Waals surface area contributed by atoms with Crippen LogP contribution >= 0.6 is 0 Å². The molecule has 0 aromatic carbocycles. The van der Waals surface area contributed by atoms with E-state index in [1.54, 1.807) is 0 Å². The molecule has 2 saturated carbocycles. The molecule has 0 bridgehead atoms. The molecular weight excluding hydrogens is 280 g/mol. The summed E-state index contributed by atoms with van der Waals surface area (Å²) >= 11 is 0. The van der Waals surface area contributed by atoms with Gasteiger partial charge in [-0.25, -0.2) is 0 Å². The number of imide groups is 1. The minimum Gasteiger partial charge on any atom is -0.352 e. The first-order valence-electron chi connectivity index (χ1n) is 8.72. The zero-order chi connectivity index (χ0) is 15.7. The van der Waals surface area contributed by atoms with Crippen molar-refractivity contribution < 1.29 is 14.4 Å². The Kier molecular flexibility index (Phi) is 4.50. The monoisotopic (exact) mass is 306 g/mol. The van der Waals surface area contributed by atoms with Crippen molar-refractivity contribution in [1.82, 2.24) is 10.2 Å². The number of nitrogens with zero attached hydrogens (tertiary/aromatic N) is 1. The summed E-state index contributed by atoms with van der Waals surface area (Å²) < 4.78 is 0. The van der Waals surface area contributed by atoms with Gasteiger partial charge in [0.2, 0.25) is 17.7 Å². The Bertz CT molecular complexity index is 453. The van der Waals surface area contributed by atoms with E-state index >= 15 is 0 Å². The molecule has 4 atom stereocenters. The van der Waals surface area contributed by atoms with Crippen molar-refractivity contribution in [2.24, 2.45) is 17.8 Å². The maximum absolute atomic E-state index is 12.4. The largest absolute Gasteiger partial charge is 0.352 e. The molecule has 3 aliphatic rings. The highest BCUT2D eigenvalue weighted by molar-refractivity contribution is 6.07. The molecule has 1 aliphatic heterocycles. The van der Waals surface area contributed by atoms with Crippen LogP contribution in [0.1, 0.15) is 58.3 Å². The number of hydrogen-bond donors (Lipinski definition) is 1. The van der Waals surface area contributed by atoms with Crippen LogP contribution in [-0.4, -0.2) is 35.2 Å². The molecule has 22 heavy (non-hydrogen) atoms. The molecule has 5 heteroatoms. The second-order valence-corrected chi connectivity index (χ2v) is 7.20. The third-order valence-electron chi connectivity index (χ3n) is 5.69. The van der Waals surface area contributed by atoms with Crippen molar-refractivity contribution in [3.8, 4) is 0 Å². The standard InChI is InChI=1S/C17H26N2O3/c1-11-6-2-5-9-14(11)18-15(20)10-19-16(21)12-7-3-4-8-13(12)17(19)22/h11-14H,2-10H2,1H3,(H,18,20)/t11-,12-,13+,14+/m0/s1. The quantitative estimate of drug-likeness (QED) is 0.809. The molecule has 3 amide bonds. The van der Waals surface area contributed by atoms with E-state index in [9.17, 15) is 14.4 Å². The van der Waals surface area contributed by atoms with E-state index in [4.69, 9.17) is 0 Å². The summed E-state index contributed by atoms with van der Waals surface area (Å²) in [6.07, 6.45) is 8.12. The fourth-order valence-electron chi connectivity index (χ4n) is 4.31. The maximum Gasteiger partial charge on any atom is 0.240 e. The van der Waals surface area contributed by atoms with Gasteiger partial charge in [-0.1, -0.05) is 32.6 Å². The third kappa shape index (κ3) is 2.90. The number of carbonyl (C=O) groups is 3. The number of hydrogen-bond acceptors (Lipinski definition) is 3. The summed E-state index contributed by atoms with van der Waals surface area (Å²) in [6, 6.07) is 0.191. The zero-order valence-corrected chi connectivity index (χ0v) is 13.3. The molecule has 0 spiro atoms. The molecule has 0 aromatic rings. The number of nitrogens with one attached hydrogen (secondary N) is 1. The van der Waals surface area contributed by atoms with E-state index < -0.39 is 0 Å². The molecule has 5 nitrogen and oxygen atoms in total. The predicted octanol–water partition coefficient (Wildman–Crippen LogP) is 1.86. The molecule has 0 unspecified atom stereocenters. The molecule has 0 radical (unpaired) electrons. The lowest BCUT2D eigenvalue weighted by Crippen LogP contribution is -2.47. The Hall–Kier alpha value is -1.39. The van der Waals surface area contributed by atoms with Crippen molar-refractivity contribution in [2.75, 3.05) is 6.54 Å². The van der Waals surface area contributed by atoms with Gasteiger partial charge in [0.15, 0.2) is 0 Å². The molecule has 2 aliphatic carbocycles. The Labute approximate surface area is 131 Å². The number of fused-ring (bicyclic) bond motifs is 1. The van der Waals surface area contributed by atoms with Gasteiger partial charge in [-0.3, -0.25) is 19.3 Å². The SMILES string of the molecule is C[C@H]1CCCC[C@H]1NC(=O)CN1C(=O)[C@H]2CCCC[C@H]2C1=O. The van der Waals surface area contributed by atoms with Crippen LogP contribution in [0, 0.1) is 17.8 Å². The smallest absolute Gasteiger partial charge is 0.240 e. The van der Waals surface area contributed by atoms with Gasteiger partial charge in [0.1, 0.15) is 6.54 Å². The summed E-state index contributed by atoms with van der Waals surface area (Å²) in [6.45, 7) is 2.07. The van der Waals surface area contributed by atoms with Crippen LogP contribution in [0.4, 0.5) is 0 Å². The van der Waals surface area contributed by atoms with Gasteiger partial charge in [-0.2, -0.15) is 0 Å². The second-order valence-electron chi connectivity index (χ2n) is 7.20. The number of amides is 3. The fourth-order valence-corrected chi connectivity index (χ4v) is 4.31. The highest BCUT2D eigenvalue weighted by Gasteiger charge is 2.48. The van der Waals surface area contributed by atoms with Crippen LogP contribution in [-0.2, 0) is 14.4 Å². The number of rotatable bonds is 3. The molecule has 0 aromatic heterocycles. The van der Waals surface area contributed by atoms with Crippen LogP contribution < -0.4 is 5.32 Å². The highest BCUT2D eigenvalue weighted by atomic mass is 16.2. The van der Waals surface area contributed by atoms with Gasteiger partial charge >= 0.3 is 0 Å². The first-order valence-corrected chi connectivity index (χ1v) is 8.72. The molecule has 3 rings (SSSR count). The maximum atomic E-state index is 12.4. The van der Waals surface area contributed by atoms with E-state index in [0.717, 1.165) is 44.9 Å². The minimum atomic E-state index is -0.181. The van der Waals surface area contributed by atoms with Gasteiger partial charge in [0.05, 0.1) is 11.8 Å². The van der Waals surface area contributed by atoms with E-state index in [1.165, 1.54) is 11.3 Å². The average molecular weight is 306 g/mol. The van der Waals surface area contributed by atoms with Crippen LogP contribution in [0.3, 0.4) is 0 Å². The number of likely N-dealkylation sites (tertiary alicyclic amines) is 1. The Morgan fingerprint density at radius 3 is 2.14 bits per heavy atom. The summed E-state index contributed by atoms with van der Waals surface area (Å²) in [5, 5.41) is 3.03. The second kappa shape index (κ2) is 6.39. The Morgan fingerprint density at radius 2 is 1.55 bits per heavy atom. The zero-order valence-electron chi connectivity index (χ0n) is 13.3. The van der Waals surface area contributed by atoms with Gasteiger partial charge in [-0.15, -0.1) is 0 Å². The van der Waals surface area contributed by atoms with E-state index in [1.807, 2.05) is 0 Å². The van der Waals surface area contributed by atoms with E-state index in [0.29, 0.717) is 5.92 Å². The lowest BCUT2D eigenvalue weighted by Gasteiger charge is -2.30. The lowest BCUT2D eigenvalue weighted by atomic mass is 9.81. The first-order chi connectivity index (χ1) is 10.6. The number of carbonyl (C=O) groups excluding carboxylic acids is 3. The Morgan fingerprint density at radius 1 is 1.00 bits per heavy atom. The minimum absolute atomic E-state index is 0.0894. The van der Waals surface area contributed by atoms with Crippen LogP contribution in [0.2, 0.25) is 0 Å².